The fourth-order valence-corrected chi connectivity index (χ4v) is 4.75. The summed E-state index contributed by atoms with van der Waals surface area (Å²) in [7, 11) is -2.01. The molecule has 0 saturated heterocycles. The van der Waals surface area contributed by atoms with Crippen LogP contribution in [-0.2, 0) is 22.3 Å². The first-order valence-electron chi connectivity index (χ1n) is 10.4. The zero-order valence-electron chi connectivity index (χ0n) is 19.1. The average molecular weight is 483 g/mol. The second kappa shape index (κ2) is 11.5. The van der Waals surface area contributed by atoms with Crippen LogP contribution >= 0.6 is 11.6 Å². The predicted molar refractivity (Wildman–Crippen MR) is 127 cm³/mol. The summed E-state index contributed by atoms with van der Waals surface area (Å²) in [5, 5.41) is 3.10. The van der Waals surface area contributed by atoms with E-state index >= 15 is 0 Å². The molecule has 2 aromatic carbocycles. The van der Waals surface area contributed by atoms with E-state index in [9.17, 15) is 13.2 Å². The van der Waals surface area contributed by atoms with E-state index in [1.165, 1.54) is 13.2 Å². The monoisotopic (exact) mass is 482 g/mol. The van der Waals surface area contributed by atoms with Gasteiger partial charge in [-0.05, 0) is 43.0 Å². The topological polar surface area (TPSA) is 93.7 Å². The molecule has 2 N–H and O–H groups in total. The number of hydrogen-bond donors (Lipinski definition) is 2. The summed E-state index contributed by atoms with van der Waals surface area (Å²) in [5.41, 5.74) is 1.65. The van der Waals surface area contributed by atoms with Gasteiger partial charge in [-0.2, -0.15) is 0 Å². The Labute approximate surface area is 195 Å². The molecule has 9 heteroatoms. The van der Waals surface area contributed by atoms with Crippen LogP contribution in [0.2, 0.25) is 5.02 Å². The second-order valence-corrected chi connectivity index (χ2v) is 10.3. The fraction of sp³-hybridized carbons (Fsp3) is 0.435. The van der Waals surface area contributed by atoms with Crippen molar-refractivity contribution in [1.29, 1.82) is 0 Å². The molecule has 7 nitrogen and oxygen atoms in total. The van der Waals surface area contributed by atoms with Crippen LogP contribution in [-0.4, -0.2) is 34.1 Å². The summed E-state index contributed by atoms with van der Waals surface area (Å²) in [6.07, 6.45) is 0. The van der Waals surface area contributed by atoms with Crippen molar-refractivity contribution in [3.63, 3.8) is 0 Å². The standard InChI is InChI=1S/C23H31ClN2O5S/c1-15(2)13-31-22-20(24)10-19(11-21(22)30-5)23(27)25-12-17-8-6-7-9-18(17)14-32(28,29)26-16(3)4/h6-11,15-16,26H,12-14H2,1-5H3,(H,25,27). The molecular formula is C23H31ClN2O5S. The molecule has 0 aliphatic rings. The van der Waals surface area contributed by atoms with E-state index < -0.39 is 10.0 Å². The van der Waals surface area contributed by atoms with Crippen LogP contribution < -0.4 is 19.5 Å². The Balaban J connectivity index is 2.16. The van der Waals surface area contributed by atoms with Crippen molar-refractivity contribution in [3.05, 3.63) is 58.1 Å². The van der Waals surface area contributed by atoms with Gasteiger partial charge in [0.2, 0.25) is 10.0 Å². The van der Waals surface area contributed by atoms with E-state index in [0.29, 0.717) is 40.7 Å². The highest BCUT2D eigenvalue weighted by Crippen LogP contribution is 2.36. The summed E-state index contributed by atoms with van der Waals surface area (Å²) in [6.45, 7) is 8.20. The highest BCUT2D eigenvalue weighted by molar-refractivity contribution is 7.88. The Hall–Kier alpha value is -2.29. The third-order valence-corrected chi connectivity index (χ3v) is 6.17. The van der Waals surface area contributed by atoms with E-state index in [1.54, 1.807) is 44.2 Å². The molecule has 0 radical (unpaired) electrons. The van der Waals surface area contributed by atoms with Crippen molar-refractivity contribution in [2.24, 2.45) is 5.92 Å². The largest absolute Gasteiger partial charge is 0.493 e. The van der Waals surface area contributed by atoms with Gasteiger partial charge in [0.25, 0.3) is 5.91 Å². The van der Waals surface area contributed by atoms with Crippen molar-refractivity contribution in [2.75, 3.05) is 13.7 Å². The van der Waals surface area contributed by atoms with Crippen LogP contribution in [0.15, 0.2) is 36.4 Å². The summed E-state index contributed by atoms with van der Waals surface area (Å²) >= 11 is 6.34. The maximum absolute atomic E-state index is 12.8. The van der Waals surface area contributed by atoms with E-state index in [4.69, 9.17) is 21.1 Å². The van der Waals surface area contributed by atoms with Crippen molar-refractivity contribution in [2.45, 2.75) is 46.0 Å². The predicted octanol–water partition coefficient (Wildman–Crippen LogP) is 4.14. The highest BCUT2D eigenvalue weighted by Gasteiger charge is 2.18. The van der Waals surface area contributed by atoms with Crippen LogP contribution in [0.3, 0.4) is 0 Å². The van der Waals surface area contributed by atoms with Crippen LogP contribution in [0.25, 0.3) is 0 Å². The summed E-state index contributed by atoms with van der Waals surface area (Å²) in [6, 6.07) is 10.00. The minimum absolute atomic E-state index is 0.164. The van der Waals surface area contributed by atoms with Gasteiger partial charge in [-0.15, -0.1) is 0 Å². The number of hydrogen-bond acceptors (Lipinski definition) is 5. The molecule has 0 heterocycles. The molecule has 0 unspecified atom stereocenters. The third kappa shape index (κ3) is 7.69. The Kier molecular flexibility index (Phi) is 9.36. The van der Waals surface area contributed by atoms with Gasteiger partial charge >= 0.3 is 0 Å². The third-order valence-electron chi connectivity index (χ3n) is 4.37. The Morgan fingerprint density at radius 1 is 1.09 bits per heavy atom. The lowest BCUT2D eigenvalue weighted by Crippen LogP contribution is -2.32. The van der Waals surface area contributed by atoms with Gasteiger partial charge in [0.05, 0.1) is 24.5 Å². The molecule has 2 aromatic rings. The molecule has 0 bridgehead atoms. The normalized spacial score (nSPS) is 11.6. The summed E-state index contributed by atoms with van der Waals surface area (Å²) < 4.78 is 38.3. The minimum Gasteiger partial charge on any atom is -0.493 e. The molecule has 0 aliphatic carbocycles. The number of sulfonamides is 1. The van der Waals surface area contributed by atoms with Crippen LogP contribution in [0.5, 0.6) is 11.5 Å². The molecule has 0 aromatic heterocycles. The summed E-state index contributed by atoms with van der Waals surface area (Å²) in [5.74, 6) is 0.540. The van der Waals surface area contributed by atoms with E-state index in [-0.39, 0.29) is 29.3 Å². The molecule has 176 valence electrons. The zero-order chi connectivity index (χ0) is 23.9. The highest BCUT2D eigenvalue weighted by atomic mass is 35.5. The number of rotatable bonds is 11. The van der Waals surface area contributed by atoms with Gasteiger partial charge < -0.3 is 14.8 Å². The van der Waals surface area contributed by atoms with Crippen molar-refractivity contribution in [3.8, 4) is 11.5 Å². The SMILES string of the molecule is COc1cc(C(=O)NCc2ccccc2CS(=O)(=O)NC(C)C)cc(Cl)c1OCC(C)C. The molecule has 0 atom stereocenters. The smallest absolute Gasteiger partial charge is 0.251 e. The van der Waals surface area contributed by atoms with Crippen LogP contribution in [0, 0.1) is 5.92 Å². The average Bonchev–Trinajstić information content (AvgIpc) is 2.69. The number of amides is 1. The fourth-order valence-electron chi connectivity index (χ4n) is 2.99. The van der Waals surface area contributed by atoms with Crippen molar-refractivity contribution in [1.82, 2.24) is 10.0 Å². The number of carbonyl (C=O) groups is 1. The van der Waals surface area contributed by atoms with E-state index in [1.807, 2.05) is 13.8 Å². The van der Waals surface area contributed by atoms with Gasteiger partial charge in [-0.1, -0.05) is 49.7 Å². The number of carbonyl (C=O) groups excluding carboxylic acids is 1. The lowest BCUT2D eigenvalue weighted by molar-refractivity contribution is 0.0950. The lowest BCUT2D eigenvalue weighted by Gasteiger charge is -2.16. The minimum atomic E-state index is -3.49. The molecule has 1 amide bonds. The van der Waals surface area contributed by atoms with Gasteiger partial charge in [0.15, 0.2) is 11.5 Å². The first-order chi connectivity index (χ1) is 15.0. The molecule has 0 spiro atoms. The van der Waals surface area contributed by atoms with Gasteiger partial charge in [-0.25, -0.2) is 13.1 Å². The molecule has 0 aliphatic heterocycles. The number of nitrogens with one attached hydrogen (secondary N) is 2. The number of methoxy groups -OCH3 is 1. The number of benzene rings is 2. The molecule has 0 fully saturated rings. The van der Waals surface area contributed by atoms with E-state index in [2.05, 4.69) is 10.0 Å². The lowest BCUT2D eigenvalue weighted by atomic mass is 10.1. The molecule has 2 rings (SSSR count). The van der Waals surface area contributed by atoms with Crippen LogP contribution in [0.4, 0.5) is 0 Å². The Morgan fingerprint density at radius 3 is 2.34 bits per heavy atom. The maximum atomic E-state index is 12.8. The second-order valence-electron chi connectivity index (χ2n) is 8.18. The molecule has 32 heavy (non-hydrogen) atoms. The van der Waals surface area contributed by atoms with Gasteiger partial charge in [0.1, 0.15) is 0 Å². The van der Waals surface area contributed by atoms with Gasteiger partial charge in [-0.3, -0.25) is 4.79 Å². The first-order valence-corrected chi connectivity index (χ1v) is 12.4. The zero-order valence-corrected chi connectivity index (χ0v) is 20.6. The first kappa shape index (κ1) is 26.0. The molecular weight excluding hydrogens is 452 g/mol. The van der Waals surface area contributed by atoms with Crippen molar-refractivity contribution >= 4 is 27.5 Å². The van der Waals surface area contributed by atoms with Gasteiger partial charge in [0, 0.05) is 18.2 Å². The summed E-state index contributed by atoms with van der Waals surface area (Å²) in [4.78, 5) is 12.8. The Bertz CT molecular complexity index is 1040. The van der Waals surface area contributed by atoms with Crippen molar-refractivity contribution < 1.29 is 22.7 Å². The molecule has 0 saturated carbocycles. The Morgan fingerprint density at radius 2 is 1.75 bits per heavy atom. The van der Waals surface area contributed by atoms with E-state index in [0.717, 1.165) is 0 Å². The van der Waals surface area contributed by atoms with Crippen LogP contribution in [0.1, 0.15) is 49.2 Å². The number of halogens is 1. The maximum Gasteiger partial charge on any atom is 0.251 e. The quantitative estimate of drug-likeness (QED) is 0.502. The number of ether oxygens (including phenoxy) is 2.